The maximum Gasteiger partial charge on any atom is 0.231 e. The third-order valence-electron chi connectivity index (χ3n) is 3.03. The fourth-order valence-corrected chi connectivity index (χ4v) is 3.27. The lowest BCUT2D eigenvalue weighted by atomic mass is 10.2. The number of ether oxygens (including phenoxy) is 3. The van der Waals surface area contributed by atoms with E-state index in [4.69, 9.17) is 14.2 Å². The highest BCUT2D eigenvalue weighted by atomic mass is 32.2. The average Bonchev–Trinajstić information content (AvgIpc) is 2.94. The zero-order chi connectivity index (χ0) is 11.7. The van der Waals surface area contributed by atoms with Gasteiger partial charge in [0, 0.05) is 5.75 Å². The van der Waals surface area contributed by atoms with Crippen LogP contribution in [0.2, 0.25) is 0 Å². The second-order valence-electron chi connectivity index (χ2n) is 4.60. The molecule has 1 saturated heterocycles. The summed E-state index contributed by atoms with van der Waals surface area (Å²) in [6, 6.07) is 6.14. The summed E-state index contributed by atoms with van der Waals surface area (Å²) in [6.07, 6.45) is 1.16. The van der Waals surface area contributed by atoms with Crippen LogP contribution in [0.4, 0.5) is 0 Å². The summed E-state index contributed by atoms with van der Waals surface area (Å²) in [7, 11) is 0. The molecule has 0 amide bonds. The lowest BCUT2D eigenvalue weighted by Gasteiger charge is -2.09. The Hall–Kier alpha value is -0.870. The van der Waals surface area contributed by atoms with Crippen molar-refractivity contribution in [2.75, 3.05) is 13.4 Å². The van der Waals surface area contributed by atoms with Gasteiger partial charge in [0.15, 0.2) is 11.5 Å². The van der Waals surface area contributed by atoms with E-state index < -0.39 is 0 Å². The fourth-order valence-electron chi connectivity index (χ4n) is 2.07. The van der Waals surface area contributed by atoms with Gasteiger partial charge in [-0.05, 0) is 30.0 Å². The molecule has 0 radical (unpaired) electrons. The first kappa shape index (κ1) is 11.2. The smallest absolute Gasteiger partial charge is 0.231 e. The Balaban J connectivity index is 1.58. The molecule has 0 bridgehead atoms. The van der Waals surface area contributed by atoms with Crippen LogP contribution >= 0.6 is 11.8 Å². The van der Waals surface area contributed by atoms with Crippen molar-refractivity contribution in [1.29, 1.82) is 0 Å². The lowest BCUT2D eigenvalue weighted by Crippen LogP contribution is -1.99. The van der Waals surface area contributed by atoms with Gasteiger partial charge in [0.05, 0.1) is 6.61 Å². The van der Waals surface area contributed by atoms with Crippen LogP contribution in [-0.4, -0.2) is 18.8 Å². The molecule has 2 aliphatic rings. The summed E-state index contributed by atoms with van der Waals surface area (Å²) in [6.45, 7) is 3.48. The summed E-state index contributed by atoms with van der Waals surface area (Å²) in [5, 5.41) is 0. The minimum Gasteiger partial charge on any atom is -0.454 e. The zero-order valence-electron chi connectivity index (χ0n) is 9.85. The van der Waals surface area contributed by atoms with Gasteiger partial charge in [0.25, 0.3) is 0 Å². The molecule has 0 aromatic heterocycles. The van der Waals surface area contributed by atoms with Crippen LogP contribution in [-0.2, 0) is 10.5 Å². The molecule has 2 heterocycles. The molecule has 1 aromatic carbocycles. The van der Waals surface area contributed by atoms with Gasteiger partial charge in [-0.15, -0.1) is 11.8 Å². The molecule has 3 nitrogen and oxygen atoms in total. The Bertz CT molecular complexity index is 408. The number of hydrogen-bond donors (Lipinski definition) is 0. The van der Waals surface area contributed by atoms with Crippen LogP contribution in [0.1, 0.15) is 18.9 Å². The number of thioether (sulfide) groups is 1. The number of benzene rings is 1. The predicted octanol–water partition coefficient (Wildman–Crippen LogP) is 3.03. The highest BCUT2D eigenvalue weighted by molar-refractivity contribution is 7.99. The van der Waals surface area contributed by atoms with E-state index in [1.54, 1.807) is 0 Å². The Labute approximate surface area is 105 Å². The maximum atomic E-state index is 5.69. The fraction of sp³-hybridized carbons (Fsp3) is 0.538. The van der Waals surface area contributed by atoms with E-state index in [9.17, 15) is 0 Å². The molecule has 1 fully saturated rings. The molecular weight excluding hydrogens is 236 g/mol. The van der Waals surface area contributed by atoms with Crippen molar-refractivity contribution in [3.8, 4) is 11.5 Å². The van der Waals surface area contributed by atoms with Crippen LogP contribution in [0.25, 0.3) is 0 Å². The zero-order valence-corrected chi connectivity index (χ0v) is 10.7. The third kappa shape index (κ3) is 2.53. The molecule has 1 aromatic rings. The summed E-state index contributed by atoms with van der Waals surface area (Å²) in [5.74, 6) is 3.38. The van der Waals surface area contributed by atoms with Gasteiger partial charge in [0.2, 0.25) is 6.79 Å². The first-order valence-electron chi connectivity index (χ1n) is 5.93. The summed E-state index contributed by atoms with van der Waals surface area (Å²) in [4.78, 5) is 0. The molecule has 0 N–H and O–H groups in total. The maximum absolute atomic E-state index is 5.69. The first-order valence-corrected chi connectivity index (χ1v) is 6.98. The monoisotopic (exact) mass is 252 g/mol. The van der Waals surface area contributed by atoms with Gasteiger partial charge in [-0.1, -0.05) is 13.0 Å². The van der Waals surface area contributed by atoms with Gasteiger partial charge in [-0.25, -0.2) is 0 Å². The molecule has 0 spiro atoms. The largest absolute Gasteiger partial charge is 0.454 e. The Kier molecular flexibility index (Phi) is 3.16. The van der Waals surface area contributed by atoms with E-state index in [0.29, 0.717) is 18.1 Å². The molecule has 0 saturated carbocycles. The summed E-state index contributed by atoms with van der Waals surface area (Å²) in [5.41, 5.74) is 1.62. The minimum absolute atomic E-state index is 0.342. The van der Waals surface area contributed by atoms with Crippen LogP contribution in [0.3, 0.4) is 0 Å². The van der Waals surface area contributed by atoms with Crippen LogP contribution < -0.4 is 9.47 Å². The van der Waals surface area contributed by atoms with Crippen LogP contribution in [0.15, 0.2) is 18.2 Å². The van der Waals surface area contributed by atoms with Crippen LogP contribution in [0, 0.1) is 5.92 Å². The van der Waals surface area contributed by atoms with E-state index in [-0.39, 0.29) is 0 Å². The number of hydrogen-bond acceptors (Lipinski definition) is 4. The normalized spacial score (nSPS) is 26.4. The highest BCUT2D eigenvalue weighted by Gasteiger charge is 2.22. The van der Waals surface area contributed by atoms with Crippen molar-refractivity contribution in [1.82, 2.24) is 0 Å². The van der Waals surface area contributed by atoms with Gasteiger partial charge in [-0.2, -0.15) is 0 Å². The van der Waals surface area contributed by atoms with E-state index >= 15 is 0 Å². The van der Waals surface area contributed by atoms with Gasteiger partial charge < -0.3 is 14.2 Å². The number of rotatable bonds is 3. The minimum atomic E-state index is 0.342. The Morgan fingerprint density at radius 3 is 3.00 bits per heavy atom. The summed E-state index contributed by atoms with van der Waals surface area (Å²) < 4.78 is 16.3. The molecule has 1 unspecified atom stereocenters. The first-order chi connectivity index (χ1) is 8.31. The van der Waals surface area contributed by atoms with E-state index in [1.165, 1.54) is 5.56 Å². The highest BCUT2D eigenvalue weighted by Crippen LogP contribution is 2.35. The SMILES string of the molecule is C[C@H]1COC(SCc2ccc3c(c2)OCO3)C1. The van der Waals surface area contributed by atoms with Crippen molar-refractivity contribution in [3.05, 3.63) is 23.8 Å². The Morgan fingerprint density at radius 1 is 1.29 bits per heavy atom. The topological polar surface area (TPSA) is 27.7 Å². The van der Waals surface area contributed by atoms with Crippen molar-refractivity contribution in [2.45, 2.75) is 24.5 Å². The molecule has 2 aliphatic heterocycles. The van der Waals surface area contributed by atoms with E-state index in [0.717, 1.165) is 30.3 Å². The molecular formula is C13H16O3S. The quantitative estimate of drug-likeness (QED) is 0.826. The van der Waals surface area contributed by atoms with E-state index in [2.05, 4.69) is 19.1 Å². The summed E-state index contributed by atoms with van der Waals surface area (Å²) >= 11 is 1.87. The molecule has 17 heavy (non-hydrogen) atoms. The molecule has 2 atom stereocenters. The van der Waals surface area contributed by atoms with Crippen molar-refractivity contribution >= 4 is 11.8 Å². The van der Waals surface area contributed by atoms with Gasteiger partial charge >= 0.3 is 0 Å². The molecule has 4 heteroatoms. The van der Waals surface area contributed by atoms with Crippen molar-refractivity contribution < 1.29 is 14.2 Å². The van der Waals surface area contributed by atoms with Crippen molar-refractivity contribution in [2.24, 2.45) is 5.92 Å². The standard InChI is InChI=1S/C13H16O3S/c1-9-4-13(14-6-9)17-7-10-2-3-11-12(5-10)16-8-15-11/h2-3,5,9,13H,4,6-8H2,1H3/t9-,13?/m1/s1. The van der Waals surface area contributed by atoms with Crippen LogP contribution in [0.5, 0.6) is 11.5 Å². The van der Waals surface area contributed by atoms with Gasteiger partial charge in [0.1, 0.15) is 5.44 Å². The average molecular weight is 252 g/mol. The molecule has 0 aliphatic carbocycles. The van der Waals surface area contributed by atoms with Crippen molar-refractivity contribution in [3.63, 3.8) is 0 Å². The molecule has 92 valence electrons. The second-order valence-corrected chi connectivity index (χ2v) is 5.75. The second kappa shape index (κ2) is 4.78. The van der Waals surface area contributed by atoms with Gasteiger partial charge in [-0.3, -0.25) is 0 Å². The predicted molar refractivity (Wildman–Crippen MR) is 67.4 cm³/mol. The Morgan fingerprint density at radius 2 is 2.18 bits per heavy atom. The number of fused-ring (bicyclic) bond motifs is 1. The van der Waals surface area contributed by atoms with E-state index in [1.807, 2.05) is 17.8 Å². The lowest BCUT2D eigenvalue weighted by molar-refractivity contribution is 0.166. The third-order valence-corrected chi connectivity index (χ3v) is 4.23. The molecule has 3 rings (SSSR count).